The zero-order valence-corrected chi connectivity index (χ0v) is 8.59. The van der Waals surface area contributed by atoms with E-state index in [2.05, 4.69) is 9.97 Å². The van der Waals surface area contributed by atoms with Crippen LogP contribution in [0.15, 0.2) is 42.9 Å². The van der Waals surface area contributed by atoms with Crippen LogP contribution in [0.25, 0.3) is 0 Å². The molecule has 0 spiro atoms. The minimum absolute atomic E-state index is 0.646. The maximum absolute atomic E-state index is 5.39. The maximum atomic E-state index is 5.39. The van der Waals surface area contributed by atoms with Gasteiger partial charge in [-0.1, -0.05) is 18.2 Å². The first-order valence-corrected chi connectivity index (χ1v) is 4.52. The van der Waals surface area contributed by atoms with Crippen molar-refractivity contribution in [1.29, 1.82) is 0 Å². The van der Waals surface area contributed by atoms with Crippen molar-refractivity contribution >= 4 is 11.4 Å². The number of para-hydroxylation sites is 1. The van der Waals surface area contributed by atoms with Crippen molar-refractivity contribution in [3.63, 3.8) is 0 Å². The summed E-state index contributed by atoms with van der Waals surface area (Å²) in [4.78, 5) is 7.55. The van der Waals surface area contributed by atoms with Gasteiger partial charge in [0.05, 0.1) is 17.6 Å². The molecule has 0 radical (unpaired) electrons. The molecule has 4 N–H and O–H groups in total. The molecule has 0 bridgehead atoms. The molecule has 0 saturated heterocycles. The fourth-order valence-electron chi connectivity index (χ4n) is 0.855. The molecule has 0 aliphatic rings. The van der Waals surface area contributed by atoms with E-state index in [4.69, 9.17) is 11.5 Å². The first-order valence-electron chi connectivity index (χ1n) is 4.52. The van der Waals surface area contributed by atoms with Crippen molar-refractivity contribution in [3.8, 4) is 0 Å². The normalized spacial score (nSPS) is 8.87. The van der Waals surface area contributed by atoms with Crippen molar-refractivity contribution in [1.82, 2.24) is 9.97 Å². The molecule has 4 nitrogen and oxygen atoms in total. The number of benzene rings is 1. The first-order chi connectivity index (χ1) is 7.20. The van der Waals surface area contributed by atoms with Crippen LogP contribution in [0.3, 0.4) is 0 Å². The SMILES string of the molecule is Cc1ncncc1N.Nc1ccccc1. The summed E-state index contributed by atoms with van der Waals surface area (Å²) in [6.07, 6.45) is 3.06. The Hall–Kier alpha value is -2.10. The van der Waals surface area contributed by atoms with Crippen LogP contribution in [0.2, 0.25) is 0 Å². The van der Waals surface area contributed by atoms with E-state index in [1.807, 2.05) is 37.3 Å². The first kappa shape index (κ1) is 11.0. The summed E-state index contributed by atoms with van der Waals surface area (Å²) >= 11 is 0. The third-order valence-electron chi connectivity index (χ3n) is 1.75. The number of hydrogen-bond donors (Lipinski definition) is 2. The van der Waals surface area contributed by atoms with Gasteiger partial charge in [-0.05, 0) is 19.1 Å². The van der Waals surface area contributed by atoms with Gasteiger partial charge in [0.1, 0.15) is 6.33 Å². The quantitative estimate of drug-likeness (QED) is 0.636. The van der Waals surface area contributed by atoms with Gasteiger partial charge in [-0.3, -0.25) is 0 Å². The van der Waals surface area contributed by atoms with E-state index in [1.54, 1.807) is 6.20 Å². The minimum atomic E-state index is 0.646. The molecule has 1 heterocycles. The third kappa shape index (κ3) is 4.08. The number of aryl methyl sites for hydroxylation is 1. The van der Waals surface area contributed by atoms with Crippen LogP contribution in [-0.2, 0) is 0 Å². The highest BCUT2D eigenvalue weighted by molar-refractivity contribution is 5.38. The Morgan fingerprint density at radius 2 is 1.73 bits per heavy atom. The topological polar surface area (TPSA) is 77.8 Å². The second-order valence-corrected chi connectivity index (χ2v) is 2.97. The summed E-state index contributed by atoms with van der Waals surface area (Å²) in [6.45, 7) is 1.84. The molecule has 1 aromatic heterocycles. The van der Waals surface area contributed by atoms with Gasteiger partial charge in [0, 0.05) is 5.69 Å². The van der Waals surface area contributed by atoms with Gasteiger partial charge in [0.15, 0.2) is 0 Å². The molecule has 0 amide bonds. The van der Waals surface area contributed by atoms with Crippen LogP contribution >= 0.6 is 0 Å². The average molecular weight is 202 g/mol. The van der Waals surface area contributed by atoms with E-state index < -0.39 is 0 Å². The van der Waals surface area contributed by atoms with Crippen LogP contribution in [0.1, 0.15) is 5.69 Å². The van der Waals surface area contributed by atoms with Gasteiger partial charge in [-0.15, -0.1) is 0 Å². The van der Waals surface area contributed by atoms with Crippen LogP contribution < -0.4 is 11.5 Å². The van der Waals surface area contributed by atoms with Crippen molar-refractivity contribution in [2.75, 3.05) is 11.5 Å². The molecule has 2 rings (SSSR count). The van der Waals surface area contributed by atoms with Crippen molar-refractivity contribution < 1.29 is 0 Å². The predicted molar refractivity (Wildman–Crippen MR) is 62.0 cm³/mol. The van der Waals surface area contributed by atoms with E-state index in [1.165, 1.54) is 6.33 Å². The molecule has 2 aromatic rings. The fraction of sp³-hybridized carbons (Fsp3) is 0.0909. The average Bonchev–Trinajstić information content (AvgIpc) is 2.25. The summed E-state index contributed by atoms with van der Waals surface area (Å²) in [5, 5.41) is 0. The van der Waals surface area contributed by atoms with Gasteiger partial charge >= 0.3 is 0 Å². The molecule has 4 heteroatoms. The van der Waals surface area contributed by atoms with Crippen LogP contribution in [-0.4, -0.2) is 9.97 Å². The number of nitrogens with two attached hydrogens (primary N) is 2. The molecule has 1 aromatic carbocycles. The smallest absolute Gasteiger partial charge is 0.115 e. The number of nitrogens with zero attached hydrogens (tertiary/aromatic N) is 2. The van der Waals surface area contributed by atoms with E-state index in [9.17, 15) is 0 Å². The van der Waals surface area contributed by atoms with E-state index in [-0.39, 0.29) is 0 Å². The lowest BCUT2D eigenvalue weighted by Crippen LogP contribution is -1.92. The molecule has 0 unspecified atom stereocenters. The lowest BCUT2D eigenvalue weighted by Gasteiger charge is -1.91. The molecular formula is C11H14N4. The molecule has 0 atom stereocenters. The Kier molecular flexibility index (Phi) is 4.09. The highest BCUT2D eigenvalue weighted by Crippen LogP contribution is 2.00. The third-order valence-corrected chi connectivity index (χ3v) is 1.75. The summed E-state index contributed by atoms with van der Waals surface area (Å²) in [6, 6.07) is 9.49. The molecule has 0 saturated carbocycles. The second-order valence-electron chi connectivity index (χ2n) is 2.97. The Labute approximate surface area is 89.0 Å². The summed E-state index contributed by atoms with van der Waals surface area (Å²) < 4.78 is 0. The standard InChI is InChI=1S/C6H7N.C5H7N3/c7-6-4-2-1-3-5-6;1-4-5(6)2-7-3-8-4/h1-5H,7H2;2-3H,6H2,1H3. The monoisotopic (exact) mass is 202 g/mol. The molecule has 78 valence electrons. The van der Waals surface area contributed by atoms with Crippen LogP contribution in [0, 0.1) is 6.92 Å². The molecule has 0 aliphatic carbocycles. The second kappa shape index (κ2) is 5.59. The predicted octanol–water partition coefficient (Wildman–Crippen LogP) is 1.64. The van der Waals surface area contributed by atoms with Gasteiger partial charge in [-0.2, -0.15) is 0 Å². The van der Waals surface area contributed by atoms with Gasteiger partial charge in [0.25, 0.3) is 0 Å². The summed E-state index contributed by atoms with van der Waals surface area (Å²) in [5.41, 5.74) is 13.1. The zero-order chi connectivity index (χ0) is 11.1. The van der Waals surface area contributed by atoms with Crippen molar-refractivity contribution in [3.05, 3.63) is 48.5 Å². The lowest BCUT2D eigenvalue weighted by molar-refractivity contribution is 1.11. The van der Waals surface area contributed by atoms with E-state index in [0.29, 0.717) is 5.69 Å². The Balaban J connectivity index is 0.000000151. The number of anilines is 2. The van der Waals surface area contributed by atoms with Gasteiger partial charge in [0.2, 0.25) is 0 Å². The van der Waals surface area contributed by atoms with Crippen LogP contribution in [0.4, 0.5) is 11.4 Å². The zero-order valence-electron chi connectivity index (χ0n) is 8.59. The lowest BCUT2D eigenvalue weighted by atomic mass is 10.3. The van der Waals surface area contributed by atoms with Crippen molar-refractivity contribution in [2.45, 2.75) is 6.92 Å². The maximum Gasteiger partial charge on any atom is 0.115 e. The Morgan fingerprint density at radius 1 is 1.07 bits per heavy atom. The highest BCUT2D eigenvalue weighted by atomic mass is 14.8. The van der Waals surface area contributed by atoms with Crippen LogP contribution in [0.5, 0.6) is 0 Å². The van der Waals surface area contributed by atoms with Gasteiger partial charge < -0.3 is 11.5 Å². The highest BCUT2D eigenvalue weighted by Gasteiger charge is 1.87. The number of aromatic nitrogens is 2. The fourth-order valence-corrected chi connectivity index (χ4v) is 0.855. The number of nitrogen functional groups attached to an aromatic ring is 2. The summed E-state index contributed by atoms with van der Waals surface area (Å²) in [5.74, 6) is 0. The van der Waals surface area contributed by atoms with E-state index in [0.717, 1.165) is 11.4 Å². The Bertz CT molecular complexity index is 379. The number of rotatable bonds is 0. The van der Waals surface area contributed by atoms with Gasteiger partial charge in [-0.25, -0.2) is 9.97 Å². The molecular weight excluding hydrogens is 188 g/mol. The number of hydrogen-bond acceptors (Lipinski definition) is 4. The molecule has 15 heavy (non-hydrogen) atoms. The largest absolute Gasteiger partial charge is 0.399 e. The van der Waals surface area contributed by atoms with E-state index >= 15 is 0 Å². The Morgan fingerprint density at radius 3 is 2.07 bits per heavy atom. The molecule has 0 fully saturated rings. The molecule has 0 aliphatic heterocycles. The minimum Gasteiger partial charge on any atom is -0.399 e. The summed E-state index contributed by atoms with van der Waals surface area (Å²) in [7, 11) is 0. The van der Waals surface area contributed by atoms with Crippen molar-refractivity contribution in [2.24, 2.45) is 0 Å².